The zero-order valence-electron chi connectivity index (χ0n) is 17.2. The molecule has 0 aliphatic carbocycles. The molecule has 1 aromatic heterocycles. The molecule has 9 heteroatoms. The molecule has 0 saturated heterocycles. The SMILES string of the molecule is CCn1c(SCC(=O)Nc2cc(C)c(Cl)cc2OC)nnc1-c1cccc(OC)c1. The number of aromatic nitrogens is 3. The molecular weight excluding hydrogens is 424 g/mol. The van der Waals surface area contributed by atoms with Gasteiger partial charge < -0.3 is 19.4 Å². The number of nitrogens with zero attached hydrogens (tertiary/aromatic N) is 3. The molecule has 3 rings (SSSR count). The van der Waals surface area contributed by atoms with Crippen molar-refractivity contribution in [3.05, 3.63) is 47.0 Å². The number of hydrogen-bond acceptors (Lipinski definition) is 6. The molecule has 0 aliphatic heterocycles. The lowest BCUT2D eigenvalue weighted by atomic mass is 10.2. The summed E-state index contributed by atoms with van der Waals surface area (Å²) in [6.45, 7) is 4.56. The van der Waals surface area contributed by atoms with Crippen LogP contribution in [0, 0.1) is 6.92 Å². The van der Waals surface area contributed by atoms with Crippen molar-refractivity contribution >= 4 is 35.0 Å². The molecule has 0 bridgehead atoms. The number of thioether (sulfide) groups is 1. The van der Waals surface area contributed by atoms with Crippen LogP contribution >= 0.6 is 23.4 Å². The van der Waals surface area contributed by atoms with Crippen molar-refractivity contribution in [1.29, 1.82) is 0 Å². The number of benzene rings is 2. The van der Waals surface area contributed by atoms with Gasteiger partial charge in [-0.2, -0.15) is 0 Å². The first-order valence-electron chi connectivity index (χ1n) is 9.31. The lowest BCUT2D eigenvalue weighted by Gasteiger charge is -2.12. The first-order chi connectivity index (χ1) is 14.5. The van der Waals surface area contributed by atoms with Crippen LogP contribution in [0.3, 0.4) is 0 Å². The fraction of sp³-hybridized carbons (Fsp3) is 0.286. The predicted octanol–water partition coefficient (Wildman–Crippen LogP) is 4.67. The van der Waals surface area contributed by atoms with Gasteiger partial charge in [0.25, 0.3) is 0 Å². The van der Waals surface area contributed by atoms with Crippen LogP contribution < -0.4 is 14.8 Å². The van der Waals surface area contributed by atoms with Gasteiger partial charge in [0, 0.05) is 23.2 Å². The highest BCUT2D eigenvalue weighted by atomic mass is 35.5. The van der Waals surface area contributed by atoms with Crippen LogP contribution in [-0.2, 0) is 11.3 Å². The van der Waals surface area contributed by atoms with Crippen molar-refractivity contribution in [2.45, 2.75) is 25.5 Å². The highest BCUT2D eigenvalue weighted by Gasteiger charge is 2.16. The van der Waals surface area contributed by atoms with E-state index in [4.69, 9.17) is 21.1 Å². The van der Waals surface area contributed by atoms with E-state index < -0.39 is 0 Å². The van der Waals surface area contributed by atoms with Crippen molar-refractivity contribution in [1.82, 2.24) is 14.8 Å². The van der Waals surface area contributed by atoms with Crippen molar-refractivity contribution < 1.29 is 14.3 Å². The van der Waals surface area contributed by atoms with Crippen LogP contribution in [-0.4, -0.2) is 40.6 Å². The van der Waals surface area contributed by atoms with Gasteiger partial charge in [-0.25, -0.2) is 0 Å². The van der Waals surface area contributed by atoms with E-state index in [1.807, 2.05) is 42.7 Å². The normalized spacial score (nSPS) is 10.7. The standard InChI is InChI=1S/C21H23ClN4O3S/c1-5-26-20(14-7-6-8-15(10-14)28-3)24-25-21(26)30-12-19(27)23-17-9-13(2)16(22)11-18(17)29-4/h6-11H,5,12H2,1-4H3,(H,23,27). The average molecular weight is 447 g/mol. The minimum Gasteiger partial charge on any atom is -0.497 e. The highest BCUT2D eigenvalue weighted by molar-refractivity contribution is 7.99. The number of hydrogen-bond donors (Lipinski definition) is 1. The first kappa shape index (κ1) is 22.0. The van der Waals surface area contributed by atoms with Gasteiger partial charge in [0.05, 0.1) is 25.7 Å². The zero-order valence-corrected chi connectivity index (χ0v) is 18.8. The molecule has 1 heterocycles. The second kappa shape index (κ2) is 9.86. The molecule has 158 valence electrons. The predicted molar refractivity (Wildman–Crippen MR) is 120 cm³/mol. The number of ether oxygens (including phenoxy) is 2. The van der Waals surface area contributed by atoms with E-state index in [1.165, 1.54) is 18.9 Å². The maximum Gasteiger partial charge on any atom is 0.234 e. The van der Waals surface area contributed by atoms with Crippen LogP contribution in [0.15, 0.2) is 41.6 Å². The van der Waals surface area contributed by atoms with Crippen molar-refractivity contribution in [3.8, 4) is 22.9 Å². The smallest absolute Gasteiger partial charge is 0.234 e. The highest BCUT2D eigenvalue weighted by Crippen LogP contribution is 2.31. The van der Waals surface area contributed by atoms with E-state index in [9.17, 15) is 4.79 Å². The van der Waals surface area contributed by atoms with E-state index in [0.29, 0.717) is 28.2 Å². The number of carbonyl (C=O) groups excluding carboxylic acids is 1. The summed E-state index contributed by atoms with van der Waals surface area (Å²) in [5.74, 6) is 2.00. The van der Waals surface area contributed by atoms with Crippen LogP contribution in [0.1, 0.15) is 12.5 Å². The van der Waals surface area contributed by atoms with Crippen LogP contribution in [0.5, 0.6) is 11.5 Å². The summed E-state index contributed by atoms with van der Waals surface area (Å²) < 4.78 is 12.6. The number of anilines is 1. The molecule has 0 atom stereocenters. The van der Waals surface area contributed by atoms with Gasteiger partial charge in [-0.15, -0.1) is 10.2 Å². The number of aryl methyl sites for hydroxylation is 1. The Morgan fingerprint density at radius 1 is 1.20 bits per heavy atom. The third-order valence-electron chi connectivity index (χ3n) is 4.45. The molecule has 0 saturated carbocycles. The molecule has 3 aromatic rings. The molecule has 0 fully saturated rings. The molecule has 1 N–H and O–H groups in total. The quantitative estimate of drug-likeness (QED) is 0.506. The lowest BCUT2D eigenvalue weighted by Crippen LogP contribution is -2.15. The van der Waals surface area contributed by atoms with Crippen LogP contribution in [0.25, 0.3) is 11.4 Å². The van der Waals surface area contributed by atoms with Gasteiger partial charge in [0.15, 0.2) is 11.0 Å². The van der Waals surface area contributed by atoms with Crippen LogP contribution in [0.4, 0.5) is 5.69 Å². The average Bonchev–Trinajstić information content (AvgIpc) is 3.17. The Hall–Kier alpha value is -2.71. The number of nitrogens with one attached hydrogen (secondary N) is 1. The monoisotopic (exact) mass is 446 g/mol. The minimum absolute atomic E-state index is 0.173. The van der Waals surface area contributed by atoms with Gasteiger partial charge in [0.2, 0.25) is 5.91 Å². The lowest BCUT2D eigenvalue weighted by molar-refractivity contribution is -0.113. The first-order valence-corrected chi connectivity index (χ1v) is 10.7. The molecule has 7 nitrogen and oxygen atoms in total. The third-order valence-corrected chi connectivity index (χ3v) is 5.82. The van der Waals surface area contributed by atoms with E-state index in [0.717, 1.165) is 22.7 Å². The minimum atomic E-state index is -0.173. The number of rotatable bonds is 8. The maximum atomic E-state index is 12.5. The second-order valence-corrected chi connectivity index (χ2v) is 7.77. The van der Waals surface area contributed by atoms with Crippen molar-refractivity contribution in [2.24, 2.45) is 0 Å². The topological polar surface area (TPSA) is 78.3 Å². The number of carbonyl (C=O) groups is 1. The van der Waals surface area contributed by atoms with Gasteiger partial charge in [-0.1, -0.05) is 35.5 Å². The Morgan fingerprint density at radius 3 is 2.70 bits per heavy atom. The van der Waals surface area contributed by atoms with E-state index in [1.54, 1.807) is 19.2 Å². The Morgan fingerprint density at radius 2 is 2.00 bits per heavy atom. The summed E-state index contributed by atoms with van der Waals surface area (Å²) in [6, 6.07) is 11.1. The fourth-order valence-electron chi connectivity index (χ4n) is 2.90. The Kier molecular flexibility index (Phi) is 7.23. The Bertz CT molecular complexity index is 1050. The van der Waals surface area contributed by atoms with Gasteiger partial charge in [0.1, 0.15) is 11.5 Å². The van der Waals surface area contributed by atoms with E-state index >= 15 is 0 Å². The van der Waals surface area contributed by atoms with Gasteiger partial charge in [-0.05, 0) is 37.6 Å². The summed E-state index contributed by atoms with van der Waals surface area (Å²) in [5, 5.41) is 12.7. The number of methoxy groups -OCH3 is 2. The molecule has 1 amide bonds. The van der Waals surface area contributed by atoms with Crippen molar-refractivity contribution in [3.63, 3.8) is 0 Å². The van der Waals surface area contributed by atoms with Gasteiger partial charge in [-0.3, -0.25) is 4.79 Å². The number of halogens is 1. The summed E-state index contributed by atoms with van der Waals surface area (Å²) in [4.78, 5) is 12.5. The zero-order chi connectivity index (χ0) is 21.7. The Labute approximate surface area is 184 Å². The molecule has 2 aromatic carbocycles. The molecule has 0 unspecified atom stereocenters. The van der Waals surface area contributed by atoms with Gasteiger partial charge >= 0.3 is 0 Å². The summed E-state index contributed by atoms with van der Waals surface area (Å²) in [7, 11) is 3.16. The van der Waals surface area contributed by atoms with E-state index in [2.05, 4.69) is 15.5 Å². The summed E-state index contributed by atoms with van der Waals surface area (Å²) >= 11 is 7.45. The fourth-order valence-corrected chi connectivity index (χ4v) is 3.86. The molecule has 0 radical (unpaired) electrons. The summed E-state index contributed by atoms with van der Waals surface area (Å²) in [6.07, 6.45) is 0. The molecule has 0 spiro atoms. The van der Waals surface area contributed by atoms with Crippen LogP contribution in [0.2, 0.25) is 5.02 Å². The maximum absolute atomic E-state index is 12.5. The molecule has 30 heavy (non-hydrogen) atoms. The second-order valence-electron chi connectivity index (χ2n) is 6.42. The molecule has 0 aliphatic rings. The molecular formula is C21H23ClN4O3S. The summed E-state index contributed by atoms with van der Waals surface area (Å²) in [5.41, 5.74) is 2.34. The van der Waals surface area contributed by atoms with E-state index in [-0.39, 0.29) is 11.7 Å². The number of amides is 1. The largest absolute Gasteiger partial charge is 0.497 e. The van der Waals surface area contributed by atoms with Crippen molar-refractivity contribution in [2.75, 3.05) is 25.3 Å². The third kappa shape index (κ3) is 4.88. The Balaban J connectivity index is 1.73.